The minimum Gasteiger partial charge on any atom is -0.348 e. The van der Waals surface area contributed by atoms with E-state index in [1.54, 1.807) is 0 Å². The molecule has 1 aromatic rings. The van der Waals surface area contributed by atoms with Gasteiger partial charge in [-0.1, -0.05) is 32.0 Å². The van der Waals surface area contributed by atoms with E-state index < -0.39 is 0 Å². The third-order valence-corrected chi connectivity index (χ3v) is 6.64. The second-order valence-corrected chi connectivity index (χ2v) is 8.48. The van der Waals surface area contributed by atoms with Crippen LogP contribution in [0.1, 0.15) is 57.4 Å². The zero-order valence-electron chi connectivity index (χ0n) is 17.5. The molecule has 6 nitrogen and oxygen atoms in total. The number of rotatable bonds is 5. The van der Waals surface area contributed by atoms with Crippen LogP contribution < -0.4 is 4.90 Å². The molecule has 29 heavy (non-hydrogen) atoms. The summed E-state index contributed by atoms with van der Waals surface area (Å²) in [6, 6.07) is 8.07. The van der Waals surface area contributed by atoms with Crippen molar-refractivity contribution in [2.75, 3.05) is 31.2 Å². The van der Waals surface area contributed by atoms with E-state index in [9.17, 15) is 9.59 Å². The van der Waals surface area contributed by atoms with Gasteiger partial charge in [0.05, 0.1) is 25.2 Å². The standard InChI is InChI=1S/C23H32N2O4/c1-3-16(2)18-8-4-5-9-19(18)25-15-17(14-21(25)26)22(27)24-11-7-6-10-20(24)23-28-12-13-29-23/h4-5,8-9,16-17,20,23H,3,6-7,10-15H2,1-2H3. The number of benzene rings is 1. The Bertz CT molecular complexity index is 746. The van der Waals surface area contributed by atoms with E-state index in [2.05, 4.69) is 19.9 Å². The maximum absolute atomic E-state index is 13.4. The van der Waals surface area contributed by atoms with Gasteiger partial charge in [0, 0.05) is 25.2 Å². The molecule has 0 saturated carbocycles. The molecule has 1 aromatic carbocycles. The van der Waals surface area contributed by atoms with Crippen LogP contribution in [-0.2, 0) is 19.1 Å². The maximum atomic E-state index is 13.4. The first-order valence-corrected chi connectivity index (χ1v) is 11.0. The predicted molar refractivity (Wildman–Crippen MR) is 111 cm³/mol. The first-order chi connectivity index (χ1) is 14.1. The van der Waals surface area contributed by atoms with Crippen LogP contribution in [0.4, 0.5) is 5.69 Å². The number of carbonyl (C=O) groups is 2. The summed E-state index contributed by atoms with van der Waals surface area (Å²) in [6.07, 6.45) is 3.95. The van der Waals surface area contributed by atoms with E-state index >= 15 is 0 Å². The average molecular weight is 401 g/mol. The SMILES string of the molecule is CCC(C)c1ccccc1N1CC(C(=O)N2CCCCC2C2OCCO2)CC1=O. The van der Waals surface area contributed by atoms with Gasteiger partial charge in [0.1, 0.15) is 0 Å². The van der Waals surface area contributed by atoms with Crippen LogP contribution in [0, 0.1) is 5.92 Å². The fraction of sp³-hybridized carbons (Fsp3) is 0.652. The molecule has 3 aliphatic rings. The average Bonchev–Trinajstić information content (AvgIpc) is 3.42. The van der Waals surface area contributed by atoms with E-state index in [0.717, 1.165) is 37.9 Å². The van der Waals surface area contributed by atoms with Crippen molar-refractivity contribution in [1.29, 1.82) is 0 Å². The summed E-state index contributed by atoms with van der Waals surface area (Å²) in [5.74, 6) is 0.193. The van der Waals surface area contributed by atoms with Gasteiger partial charge in [-0.3, -0.25) is 9.59 Å². The normalized spacial score (nSPS) is 26.9. The monoisotopic (exact) mass is 400 g/mol. The summed E-state index contributed by atoms with van der Waals surface area (Å²) in [5.41, 5.74) is 2.14. The predicted octanol–water partition coefficient (Wildman–Crippen LogP) is 3.31. The number of likely N-dealkylation sites (tertiary alicyclic amines) is 1. The Labute approximate surface area is 173 Å². The summed E-state index contributed by atoms with van der Waals surface area (Å²) in [7, 11) is 0. The quantitative estimate of drug-likeness (QED) is 0.761. The Morgan fingerprint density at radius 1 is 1.21 bits per heavy atom. The Morgan fingerprint density at radius 3 is 2.72 bits per heavy atom. The highest BCUT2D eigenvalue weighted by atomic mass is 16.7. The topological polar surface area (TPSA) is 59.1 Å². The summed E-state index contributed by atoms with van der Waals surface area (Å²) in [6.45, 7) is 6.70. The van der Waals surface area contributed by atoms with Gasteiger partial charge in [0.25, 0.3) is 0 Å². The second-order valence-electron chi connectivity index (χ2n) is 8.48. The zero-order valence-corrected chi connectivity index (χ0v) is 17.5. The van der Waals surface area contributed by atoms with E-state index in [4.69, 9.17) is 9.47 Å². The highest BCUT2D eigenvalue weighted by Crippen LogP contribution is 2.35. The van der Waals surface area contributed by atoms with Crippen LogP contribution in [-0.4, -0.2) is 55.3 Å². The molecule has 2 amide bonds. The summed E-state index contributed by atoms with van der Waals surface area (Å²) in [4.78, 5) is 30.0. The molecule has 0 radical (unpaired) electrons. The molecule has 3 heterocycles. The number of ether oxygens (including phenoxy) is 2. The summed E-state index contributed by atoms with van der Waals surface area (Å²) < 4.78 is 11.4. The van der Waals surface area contributed by atoms with Crippen LogP contribution in [0.2, 0.25) is 0 Å². The van der Waals surface area contributed by atoms with Gasteiger partial charge in [-0.2, -0.15) is 0 Å². The number of hydrogen-bond acceptors (Lipinski definition) is 4. The van der Waals surface area contributed by atoms with Gasteiger partial charge < -0.3 is 19.3 Å². The zero-order chi connectivity index (χ0) is 20.4. The molecule has 0 N–H and O–H groups in total. The Hall–Kier alpha value is -1.92. The first-order valence-electron chi connectivity index (χ1n) is 11.0. The minimum atomic E-state index is -0.321. The lowest BCUT2D eigenvalue weighted by molar-refractivity contribution is -0.154. The van der Waals surface area contributed by atoms with E-state index in [1.807, 2.05) is 28.0 Å². The molecule has 0 spiro atoms. The Morgan fingerprint density at radius 2 is 1.97 bits per heavy atom. The van der Waals surface area contributed by atoms with Crippen molar-refractivity contribution in [1.82, 2.24) is 4.90 Å². The lowest BCUT2D eigenvalue weighted by Crippen LogP contribution is -2.52. The Balaban J connectivity index is 1.51. The smallest absolute Gasteiger partial charge is 0.228 e. The number of nitrogens with zero attached hydrogens (tertiary/aromatic N) is 2. The van der Waals surface area contributed by atoms with Crippen LogP contribution in [0.25, 0.3) is 0 Å². The van der Waals surface area contributed by atoms with E-state index in [-0.39, 0.29) is 36.5 Å². The van der Waals surface area contributed by atoms with Crippen LogP contribution in [0.15, 0.2) is 24.3 Å². The molecule has 3 saturated heterocycles. The first kappa shape index (κ1) is 20.4. The van der Waals surface area contributed by atoms with Crippen molar-refractivity contribution in [2.24, 2.45) is 5.92 Å². The molecule has 3 fully saturated rings. The van der Waals surface area contributed by atoms with Crippen LogP contribution in [0.3, 0.4) is 0 Å². The number of carbonyl (C=O) groups excluding carboxylic acids is 2. The van der Waals surface area contributed by atoms with Crippen molar-refractivity contribution in [2.45, 2.75) is 64.2 Å². The van der Waals surface area contributed by atoms with Gasteiger partial charge in [-0.25, -0.2) is 0 Å². The third kappa shape index (κ3) is 4.05. The third-order valence-electron chi connectivity index (χ3n) is 6.64. The molecule has 0 aromatic heterocycles. The van der Waals surface area contributed by atoms with Crippen LogP contribution >= 0.6 is 0 Å². The van der Waals surface area contributed by atoms with Crippen molar-refractivity contribution < 1.29 is 19.1 Å². The minimum absolute atomic E-state index is 0.0321. The van der Waals surface area contributed by atoms with Crippen molar-refractivity contribution in [3.8, 4) is 0 Å². The van der Waals surface area contributed by atoms with Gasteiger partial charge in [0.15, 0.2) is 6.29 Å². The molecule has 0 bridgehead atoms. The van der Waals surface area contributed by atoms with Gasteiger partial charge in [-0.15, -0.1) is 0 Å². The summed E-state index contributed by atoms with van der Waals surface area (Å²) in [5, 5.41) is 0. The number of amides is 2. The Kier molecular flexibility index (Phi) is 6.20. The fourth-order valence-corrected chi connectivity index (χ4v) is 4.82. The molecule has 3 aliphatic heterocycles. The molecule has 0 aliphatic carbocycles. The number of para-hydroxylation sites is 1. The molecule has 158 valence electrons. The lowest BCUT2D eigenvalue weighted by Gasteiger charge is -2.39. The van der Waals surface area contributed by atoms with Crippen molar-refractivity contribution >= 4 is 17.5 Å². The summed E-state index contributed by atoms with van der Waals surface area (Å²) >= 11 is 0. The number of anilines is 1. The van der Waals surface area contributed by atoms with Crippen LogP contribution in [0.5, 0.6) is 0 Å². The second kappa shape index (κ2) is 8.84. The van der Waals surface area contributed by atoms with E-state index in [1.165, 1.54) is 5.56 Å². The number of piperidine rings is 1. The van der Waals surface area contributed by atoms with Gasteiger partial charge in [-0.05, 0) is 43.2 Å². The number of hydrogen-bond donors (Lipinski definition) is 0. The molecular weight excluding hydrogens is 368 g/mol. The fourth-order valence-electron chi connectivity index (χ4n) is 4.82. The molecular formula is C23H32N2O4. The van der Waals surface area contributed by atoms with Gasteiger partial charge in [0.2, 0.25) is 11.8 Å². The molecule has 3 unspecified atom stereocenters. The van der Waals surface area contributed by atoms with Crippen molar-refractivity contribution in [3.63, 3.8) is 0 Å². The molecule has 3 atom stereocenters. The largest absolute Gasteiger partial charge is 0.348 e. The maximum Gasteiger partial charge on any atom is 0.228 e. The lowest BCUT2D eigenvalue weighted by atomic mass is 9.96. The molecule has 4 rings (SSSR count). The van der Waals surface area contributed by atoms with E-state index in [0.29, 0.717) is 25.7 Å². The highest BCUT2D eigenvalue weighted by molar-refractivity contribution is 6.01. The highest BCUT2D eigenvalue weighted by Gasteiger charge is 2.43. The van der Waals surface area contributed by atoms with Gasteiger partial charge >= 0.3 is 0 Å². The van der Waals surface area contributed by atoms with Crippen molar-refractivity contribution in [3.05, 3.63) is 29.8 Å². The molecule has 6 heteroatoms.